The molecule has 1 aromatic carbocycles. The van der Waals surface area contributed by atoms with E-state index in [2.05, 4.69) is 27.9 Å². The third-order valence-electron chi connectivity index (χ3n) is 4.73. The second-order valence-corrected chi connectivity index (χ2v) is 7.36. The summed E-state index contributed by atoms with van der Waals surface area (Å²) in [4.78, 5) is 12.8. The topological polar surface area (TPSA) is 81.1 Å². The highest BCUT2D eigenvalue weighted by Gasteiger charge is 2.24. The van der Waals surface area contributed by atoms with Crippen LogP contribution in [0, 0.1) is 0 Å². The van der Waals surface area contributed by atoms with E-state index in [-0.39, 0.29) is 30.5 Å². The molecule has 1 saturated heterocycles. The summed E-state index contributed by atoms with van der Waals surface area (Å²) in [5.74, 6) is 0.668. The third-order valence-corrected chi connectivity index (χ3v) is 4.73. The van der Waals surface area contributed by atoms with Gasteiger partial charge in [-0.25, -0.2) is 4.68 Å². The van der Waals surface area contributed by atoms with Gasteiger partial charge in [0.25, 0.3) is 5.91 Å². The zero-order valence-corrected chi connectivity index (χ0v) is 17.8. The summed E-state index contributed by atoms with van der Waals surface area (Å²) in [6.07, 6.45) is 2.66. The predicted molar refractivity (Wildman–Crippen MR) is 112 cm³/mol. The average Bonchev–Trinajstić information content (AvgIpc) is 3.06. The smallest absolute Gasteiger partial charge is 0.273 e. The molecule has 2 heterocycles. The standard InChI is InChI=1S/C20H29N5O2.ClH/c1-5-18-19(20(26)22-15-10-11-21-14(4)12-15)23-24-25(18)16-6-8-17(9-7-16)27-13(2)3;/h6-9,13-15,21H,5,10-12H2,1-4H3,(H,22,26);1H. The van der Waals surface area contributed by atoms with Crippen molar-refractivity contribution in [3.63, 3.8) is 0 Å². The number of halogens is 1. The van der Waals surface area contributed by atoms with Gasteiger partial charge < -0.3 is 15.4 Å². The van der Waals surface area contributed by atoms with Gasteiger partial charge in [0, 0.05) is 12.1 Å². The van der Waals surface area contributed by atoms with Crippen LogP contribution < -0.4 is 15.4 Å². The maximum Gasteiger partial charge on any atom is 0.273 e. The van der Waals surface area contributed by atoms with E-state index in [0.29, 0.717) is 18.2 Å². The first-order chi connectivity index (χ1) is 13.0. The van der Waals surface area contributed by atoms with Crippen molar-refractivity contribution in [2.24, 2.45) is 0 Å². The Hall–Kier alpha value is -2.12. The molecule has 2 unspecified atom stereocenters. The molecular weight excluding hydrogens is 378 g/mol. The highest BCUT2D eigenvalue weighted by Crippen LogP contribution is 2.19. The molecule has 154 valence electrons. The van der Waals surface area contributed by atoms with Crippen LogP contribution in [0.2, 0.25) is 0 Å². The van der Waals surface area contributed by atoms with Gasteiger partial charge in [0.2, 0.25) is 0 Å². The van der Waals surface area contributed by atoms with Gasteiger partial charge >= 0.3 is 0 Å². The Kier molecular flexibility index (Phi) is 7.83. The molecule has 28 heavy (non-hydrogen) atoms. The molecule has 2 atom stereocenters. The second-order valence-electron chi connectivity index (χ2n) is 7.36. The highest BCUT2D eigenvalue weighted by atomic mass is 35.5. The number of carbonyl (C=O) groups excluding carboxylic acids is 1. The quantitative estimate of drug-likeness (QED) is 0.769. The number of hydrogen-bond donors (Lipinski definition) is 2. The van der Waals surface area contributed by atoms with Crippen molar-refractivity contribution in [2.45, 2.75) is 65.1 Å². The Bertz CT molecular complexity index is 775. The van der Waals surface area contributed by atoms with Gasteiger partial charge in [-0.2, -0.15) is 0 Å². The molecule has 7 nitrogen and oxygen atoms in total. The molecule has 1 fully saturated rings. The molecule has 1 aromatic heterocycles. The molecule has 1 amide bonds. The first-order valence-electron chi connectivity index (χ1n) is 9.73. The van der Waals surface area contributed by atoms with Gasteiger partial charge in [-0.15, -0.1) is 17.5 Å². The number of rotatable bonds is 6. The lowest BCUT2D eigenvalue weighted by molar-refractivity contribution is 0.0919. The fourth-order valence-electron chi connectivity index (χ4n) is 3.46. The van der Waals surface area contributed by atoms with Crippen molar-refractivity contribution in [1.29, 1.82) is 0 Å². The average molecular weight is 408 g/mol. The molecule has 0 saturated carbocycles. The molecule has 1 aliphatic heterocycles. The van der Waals surface area contributed by atoms with Gasteiger partial charge in [-0.1, -0.05) is 12.1 Å². The molecule has 8 heteroatoms. The minimum Gasteiger partial charge on any atom is -0.491 e. The Balaban J connectivity index is 0.00000280. The van der Waals surface area contributed by atoms with Crippen LogP contribution in [0.4, 0.5) is 0 Å². The lowest BCUT2D eigenvalue weighted by Gasteiger charge is -2.28. The molecule has 2 aromatic rings. The van der Waals surface area contributed by atoms with Crippen LogP contribution in [0.3, 0.4) is 0 Å². The molecule has 0 radical (unpaired) electrons. The van der Waals surface area contributed by atoms with E-state index < -0.39 is 0 Å². The van der Waals surface area contributed by atoms with Gasteiger partial charge in [-0.3, -0.25) is 4.79 Å². The summed E-state index contributed by atoms with van der Waals surface area (Å²) in [7, 11) is 0. The number of nitrogens with zero attached hydrogens (tertiary/aromatic N) is 3. The fourth-order valence-corrected chi connectivity index (χ4v) is 3.46. The summed E-state index contributed by atoms with van der Waals surface area (Å²) < 4.78 is 7.42. The monoisotopic (exact) mass is 407 g/mol. The molecule has 1 aliphatic rings. The number of piperidine rings is 1. The minimum atomic E-state index is -0.142. The number of hydrogen-bond acceptors (Lipinski definition) is 5. The van der Waals surface area contributed by atoms with E-state index in [1.165, 1.54) is 0 Å². The molecule has 3 rings (SSSR count). The number of nitrogens with one attached hydrogen (secondary N) is 2. The van der Waals surface area contributed by atoms with Crippen molar-refractivity contribution in [3.8, 4) is 11.4 Å². The number of ether oxygens (including phenoxy) is 1. The summed E-state index contributed by atoms with van der Waals surface area (Å²) in [5.41, 5.74) is 2.09. The third kappa shape index (κ3) is 5.23. The predicted octanol–water partition coefficient (Wildman–Crippen LogP) is 2.91. The Morgan fingerprint density at radius 3 is 2.68 bits per heavy atom. The molecule has 0 aliphatic carbocycles. The Morgan fingerprint density at radius 1 is 1.36 bits per heavy atom. The van der Waals surface area contributed by atoms with E-state index in [1.807, 2.05) is 45.0 Å². The zero-order valence-electron chi connectivity index (χ0n) is 16.9. The summed E-state index contributed by atoms with van der Waals surface area (Å²) >= 11 is 0. The molecule has 0 bridgehead atoms. The summed E-state index contributed by atoms with van der Waals surface area (Å²) in [6.45, 7) is 9.06. The minimum absolute atomic E-state index is 0. The van der Waals surface area contributed by atoms with E-state index in [1.54, 1.807) is 4.68 Å². The highest BCUT2D eigenvalue weighted by molar-refractivity contribution is 5.93. The van der Waals surface area contributed by atoms with Crippen LogP contribution in [-0.2, 0) is 6.42 Å². The normalized spacial score (nSPS) is 19.2. The summed E-state index contributed by atoms with van der Waals surface area (Å²) in [5, 5.41) is 14.9. The van der Waals surface area contributed by atoms with Gasteiger partial charge in [0.15, 0.2) is 5.69 Å². The van der Waals surface area contributed by atoms with Gasteiger partial charge in [0.1, 0.15) is 5.75 Å². The number of aromatic nitrogens is 3. The van der Waals surface area contributed by atoms with Crippen LogP contribution in [-0.4, -0.2) is 45.6 Å². The molecule has 0 spiro atoms. The number of carbonyl (C=O) groups is 1. The lowest BCUT2D eigenvalue weighted by atomic mass is 10.0. The zero-order chi connectivity index (χ0) is 19.4. The van der Waals surface area contributed by atoms with Crippen molar-refractivity contribution >= 4 is 18.3 Å². The molecular formula is C20H30ClN5O2. The second kappa shape index (κ2) is 9.89. The van der Waals surface area contributed by atoms with E-state index in [0.717, 1.165) is 36.5 Å². The van der Waals surface area contributed by atoms with Crippen LogP contribution in [0.5, 0.6) is 5.75 Å². The first-order valence-corrected chi connectivity index (χ1v) is 9.73. The van der Waals surface area contributed by atoms with Gasteiger partial charge in [-0.05, 0) is 70.8 Å². The number of benzene rings is 1. The summed E-state index contributed by atoms with van der Waals surface area (Å²) in [6, 6.07) is 8.27. The SMILES string of the molecule is CCc1c(C(=O)NC2CCNC(C)C2)nnn1-c1ccc(OC(C)C)cc1.Cl. The van der Waals surface area contributed by atoms with Gasteiger partial charge in [0.05, 0.1) is 17.5 Å². The Labute approximate surface area is 172 Å². The number of amides is 1. The maximum absolute atomic E-state index is 12.8. The van der Waals surface area contributed by atoms with Crippen molar-refractivity contribution in [2.75, 3.05) is 6.54 Å². The first kappa shape index (κ1) is 22.2. The van der Waals surface area contributed by atoms with Crippen LogP contribution in [0.1, 0.15) is 56.7 Å². The lowest BCUT2D eigenvalue weighted by Crippen LogP contribution is -2.46. The van der Waals surface area contributed by atoms with Crippen molar-refractivity contribution in [1.82, 2.24) is 25.6 Å². The van der Waals surface area contributed by atoms with Crippen LogP contribution in [0.15, 0.2) is 24.3 Å². The molecule has 2 N–H and O–H groups in total. The van der Waals surface area contributed by atoms with Crippen LogP contribution in [0.25, 0.3) is 5.69 Å². The van der Waals surface area contributed by atoms with Crippen molar-refractivity contribution < 1.29 is 9.53 Å². The fraction of sp³-hybridized carbons (Fsp3) is 0.550. The van der Waals surface area contributed by atoms with E-state index in [4.69, 9.17) is 4.74 Å². The van der Waals surface area contributed by atoms with Crippen LogP contribution >= 0.6 is 12.4 Å². The largest absolute Gasteiger partial charge is 0.491 e. The van der Waals surface area contributed by atoms with E-state index in [9.17, 15) is 4.79 Å². The van der Waals surface area contributed by atoms with Crippen molar-refractivity contribution in [3.05, 3.63) is 35.7 Å². The Morgan fingerprint density at radius 2 is 2.07 bits per heavy atom. The van der Waals surface area contributed by atoms with E-state index >= 15 is 0 Å². The maximum atomic E-state index is 12.8.